The molecule has 1 N–H and O–H groups in total. The third-order valence-electron chi connectivity index (χ3n) is 5.14. The third kappa shape index (κ3) is 4.09. The Kier molecular flexibility index (Phi) is 5.23. The van der Waals surface area contributed by atoms with E-state index in [4.69, 9.17) is 4.98 Å². The summed E-state index contributed by atoms with van der Waals surface area (Å²) in [6.07, 6.45) is 0. The molecule has 152 valence electrons. The lowest BCUT2D eigenvalue weighted by Crippen LogP contribution is -2.48. The summed E-state index contributed by atoms with van der Waals surface area (Å²) >= 11 is 1.71. The molecule has 0 saturated carbocycles. The number of rotatable bonds is 3. The topological polar surface area (TPSA) is 82.2 Å². The van der Waals surface area contributed by atoms with E-state index in [2.05, 4.69) is 41.2 Å². The van der Waals surface area contributed by atoms with Gasteiger partial charge in [0, 0.05) is 48.9 Å². The number of aromatic amines is 1. The highest BCUT2D eigenvalue weighted by atomic mass is 32.1. The van der Waals surface area contributed by atoms with Crippen molar-refractivity contribution in [3.63, 3.8) is 0 Å². The molecule has 7 nitrogen and oxygen atoms in total. The standard InChI is InChI=1S/C21H25N5O2S/c1-21(2,3)20-22-14(13-29-20)12-25-8-10-26(11-9-25)19(28)17-15-6-4-5-7-16(15)18(27)24-23-17/h4-7,13H,8-12H2,1-3H3,(H,24,27). The van der Waals surface area contributed by atoms with Gasteiger partial charge in [-0.25, -0.2) is 10.1 Å². The van der Waals surface area contributed by atoms with Crippen LogP contribution in [-0.4, -0.2) is 57.1 Å². The molecule has 29 heavy (non-hydrogen) atoms. The monoisotopic (exact) mass is 411 g/mol. The molecule has 0 aliphatic carbocycles. The van der Waals surface area contributed by atoms with Crippen molar-refractivity contribution in [3.05, 3.63) is 56.4 Å². The highest BCUT2D eigenvalue weighted by molar-refractivity contribution is 7.09. The summed E-state index contributed by atoms with van der Waals surface area (Å²) in [6.45, 7) is 10.2. The second-order valence-electron chi connectivity index (χ2n) is 8.41. The van der Waals surface area contributed by atoms with Gasteiger partial charge in [-0.2, -0.15) is 5.10 Å². The number of aromatic nitrogens is 3. The van der Waals surface area contributed by atoms with E-state index in [1.165, 1.54) is 0 Å². The Morgan fingerprint density at radius 3 is 2.48 bits per heavy atom. The maximum absolute atomic E-state index is 13.0. The van der Waals surface area contributed by atoms with Crippen LogP contribution in [-0.2, 0) is 12.0 Å². The minimum Gasteiger partial charge on any atom is -0.335 e. The first-order valence-electron chi connectivity index (χ1n) is 9.77. The number of fused-ring (bicyclic) bond motifs is 1. The molecular formula is C21H25N5O2S. The van der Waals surface area contributed by atoms with Crippen molar-refractivity contribution in [3.8, 4) is 0 Å². The minimum atomic E-state index is -0.278. The van der Waals surface area contributed by atoms with Crippen LogP contribution in [0.4, 0.5) is 0 Å². The fourth-order valence-electron chi connectivity index (χ4n) is 3.49. The highest BCUT2D eigenvalue weighted by Gasteiger charge is 2.26. The Hall–Kier alpha value is -2.58. The van der Waals surface area contributed by atoms with Crippen LogP contribution in [0.5, 0.6) is 0 Å². The van der Waals surface area contributed by atoms with E-state index in [0.29, 0.717) is 29.6 Å². The molecule has 3 aromatic rings. The van der Waals surface area contributed by atoms with E-state index in [1.807, 2.05) is 11.0 Å². The van der Waals surface area contributed by atoms with E-state index < -0.39 is 0 Å². The maximum atomic E-state index is 13.0. The average molecular weight is 412 g/mol. The molecule has 0 bridgehead atoms. The van der Waals surface area contributed by atoms with Crippen molar-refractivity contribution < 1.29 is 4.79 Å². The lowest BCUT2D eigenvalue weighted by molar-refractivity contribution is 0.0622. The SMILES string of the molecule is CC(C)(C)c1nc(CN2CCN(C(=O)c3n[nH]c(=O)c4ccccc34)CC2)cs1. The number of H-pyrrole nitrogens is 1. The molecule has 1 saturated heterocycles. The first kappa shape index (κ1) is 19.7. The van der Waals surface area contributed by atoms with Gasteiger partial charge in [0.2, 0.25) is 0 Å². The van der Waals surface area contributed by atoms with Crippen molar-refractivity contribution >= 4 is 28.0 Å². The van der Waals surface area contributed by atoms with Gasteiger partial charge in [0.1, 0.15) is 0 Å². The molecule has 1 fully saturated rings. The van der Waals surface area contributed by atoms with Gasteiger partial charge in [-0.05, 0) is 6.07 Å². The van der Waals surface area contributed by atoms with Crippen LogP contribution in [0.25, 0.3) is 10.8 Å². The van der Waals surface area contributed by atoms with Crippen LogP contribution in [0.3, 0.4) is 0 Å². The Bertz CT molecular complexity index is 1090. The number of hydrogen-bond acceptors (Lipinski definition) is 6. The second kappa shape index (κ2) is 7.68. The van der Waals surface area contributed by atoms with Crippen molar-refractivity contribution in [2.75, 3.05) is 26.2 Å². The van der Waals surface area contributed by atoms with Gasteiger partial charge in [-0.1, -0.05) is 39.0 Å². The first-order chi connectivity index (χ1) is 13.8. The molecule has 0 spiro atoms. The summed E-state index contributed by atoms with van der Waals surface area (Å²) in [5.74, 6) is -0.138. The largest absolute Gasteiger partial charge is 0.335 e. The highest BCUT2D eigenvalue weighted by Crippen LogP contribution is 2.26. The molecule has 1 aromatic carbocycles. The number of carbonyl (C=O) groups is 1. The molecule has 8 heteroatoms. The zero-order chi connectivity index (χ0) is 20.6. The first-order valence-corrected chi connectivity index (χ1v) is 10.6. The van der Waals surface area contributed by atoms with Crippen LogP contribution in [0.15, 0.2) is 34.4 Å². The Balaban J connectivity index is 1.42. The quantitative estimate of drug-likeness (QED) is 0.716. The zero-order valence-corrected chi connectivity index (χ0v) is 17.8. The summed E-state index contributed by atoms with van der Waals surface area (Å²) in [7, 11) is 0. The van der Waals surface area contributed by atoms with E-state index in [-0.39, 0.29) is 16.9 Å². The number of nitrogens with one attached hydrogen (secondary N) is 1. The molecule has 3 heterocycles. The van der Waals surface area contributed by atoms with Gasteiger partial charge in [0.25, 0.3) is 11.5 Å². The van der Waals surface area contributed by atoms with Crippen molar-refractivity contribution in [2.45, 2.75) is 32.7 Å². The van der Waals surface area contributed by atoms with Gasteiger partial charge in [0.05, 0.1) is 16.1 Å². The van der Waals surface area contributed by atoms with Gasteiger partial charge >= 0.3 is 0 Å². The number of thiazole rings is 1. The third-order valence-corrected chi connectivity index (χ3v) is 6.45. The van der Waals surface area contributed by atoms with Crippen LogP contribution in [0, 0.1) is 0 Å². The van der Waals surface area contributed by atoms with Crippen LogP contribution in [0.1, 0.15) is 42.0 Å². The number of nitrogens with zero attached hydrogens (tertiary/aromatic N) is 4. The zero-order valence-electron chi connectivity index (χ0n) is 16.9. The summed E-state index contributed by atoms with van der Waals surface area (Å²) in [5.41, 5.74) is 1.19. The van der Waals surface area contributed by atoms with Crippen LogP contribution < -0.4 is 5.56 Å². The predicted octanol–water partition coefficient (Wildman–Crippen LogP) is 2.64. The van der Waals surface area contributed by atoms with Gasteiger partial charge < -0.3 is 4.90 Å². The van der Waals surface area contributed by atoms with Crippen LogP contribution >= 0.6 is 11.3 Å². The molecule has 0 unspecified atom stereocenters. The molecule has 4 rings (SSSR count). The Labute approximate surface area is 173 Å². The minimum absolute atomic E-state index is 0.0699. The molecule has 0 atom stereocenters. The van der Waals surface area contributed by atoms with Gasteiger partial charge in [0.15, 0.2) is 5.69 Å². The number of benzene rings is 1. The molecule has 2 aromatic heterocycles. The fourth-order valence-corrected chi connectivity index (χ4v) is 4.39. The van der Waals surface area contributed by atoms with E-state index >= 15 is 0 Å². The summed E-state index contributed by atoms with van der Waals surface area (Å²) in [4.78, 5) is 33.9. The molecular weight excluding hydrogens is 386 g/mol. The number of piperazine rings is 1. The lowest BCUT2D eigenvalue weighted by atomic mass is 9.98. The lowest BCUT2D eigenvalue weighted by Gasteiger charge is -2.34. The van der Waals surface area contributed by atoms with Crippen LogP contribution in [0.2, 0.25) is 0 Å². The number of carbonyl (C=O) groups excluding carboxylic acids is 1. The number of amides is 1. The van der Waals surface area contributed by atoms with Gasteiger partial charge in [-0.15, -0.1) is 11.3 Å². The average Bonchev–Trinajstić information content (AvgIpc) is 3.18. The maximum Gasteiger partial charge on any atom is 0.275 e. The summed E-state index contributed by atoms with van der Waals surface area (Å²) in [5, 5.41) is 10.9. The van der Waals surface area contributed by atoms with Crippen molar-refractivity contribution in [1.82, 2.24) is 25.0 Å². The normalized spacial score (nSPS) is 15.8. The molecule has 0 radical (unpaired) electrons. The fraction of sp³-hybridized carbons (Fsp3) is 0.429. The van der Waals surface area contributed by atoms with Crippen molar-refractivity contribution in [2.24, 2.45) is 0 Å². The van der Waals surface area contributed by atoms with Crippen molar-refractivity contribution in [1.29, 1.82) is 0 Å². The Morgan fingerprint density at radius 2 is 1.83 bits per heavy atom. The second-order valence-corrected chi connectivity index (χ2v) is 9.27. The van der Waals surface area contributed by atoms with E-state index in [0.717, 1.165) is 30.3 Å². The molecule has 1 amide bonds. The van der Waals surface area contributed by atoms with Gasteiger partial charge in [-0.3, -0.25) is 14.5 Å². The van der Waals surface area contributed by atoms with E-state index in [1.54, 1.807) is 29.5 Å². The number of hydrogen-bond donors (Lipinski definition) is 1. The Morgan fingerprint density at radius 1 is 1.14 bits per heavy atom. The van der Waals surface area contributed by atoms with E-state index in [9.17, 15) is 9.59 Å². The predicted molar refractivity (Wildman–Crippen MR) is 114 cm³/mol. The molecule has 1 aliphatic rings. The smallest absolute Gasteiger partial charge is 0.275 e. The summed E-state index contributed by atoms with van der Waals surface area (Å²) < 4.78 is 0. The summed E-state index contributed by atoms with van der Waals surface area (Å²) in [6, 6.07) is 7.09. The molecule has 1 aliphatic heterocycles.